The quantitative estimate of drug-likeness (QED) is 0.680. The predicted molar refractivity (Wildman–Crippen MR) is 85.3 cm³/mol. The van der Waals surface area contributed by atoms with Gasteiger partial charge in [-0.2, -0.15) is 18.3 Å². The Morgan fingerprint density at radius 2 is 1.67 bits per heavy atom. The van der Waals surface area contributed by atoms with E-state index in [1.54, 1.807) is 0 Å². The number of para-hydroxylation sites is 1. The number of hydrogen-bond acceptors (Lipinski definition) is 3. The molecule has 0 radical (unpaired) electrons. The summed E-state index contributed by atoms with van der Waals surface area (Å²) in [6, 6.07) is 7.72. The van der Waals surface area contributed by atoms with E-state index in [2.05, 4.69) is 5.10 Å². The van der Waals surface area contributed by atoms with Gasteiger partial charge in [0.05, 0.1) is 11.4 Å². The second kappa shape index (κ2) is 6.43. The molecule has 3 rings (SSSR count). The monoisotopic (exact) mass is 403 g/mol. The molecule has 11 heteroatoms. The third-order valence-corrected chi connectivity index (χ3v) is 4.57. The standard InChI is InChI=1S/C16H10F5N3O2S/c17-9-5-6-10(11(18)7-9)13-8-15(16(19,20)21)23-24(13)12-3-1-2-4-14(12)27(22,25)26/h1-8H,(H2,22,25,26). The number of sulfonamides is 1. The fraction of sp³-hybridized carbons (Fsp3) is 0.0625. The largest absolute Gasteiger partial charge is 0.435 e. The maximum absolute atomic E-state index is 14.2. The second-order valence-electron chi connectivity index (χ2n) is 5.46. The van der Waals surface area contributed by atoms with Crippen LogP contribution in [0.1, 0.15) is 5.69 Å². The van der Waals surface area contributed by atoms with Crippen LogP contribution in [0.4, 0.5) is 22.0 Å². The highest BCUT2D eigenvalue weighted by molar-refractivity contribution is 7.89. The van der Waals surface area contributed by atoms with Crippen LogP contribution >= 0.6 is 0 Å². The van der Waals surface area contributed by atoms with E-state index in [1.165, 1.54) is 12.1 Å². The van der Waals surface area contributed by atoms with Crippen LogP contribution in [0, 0.1) is 11.6 Å². The van der Waals surface area contributed by atoms with Gasteiger partial charge in [0.15, 0.2) is 5.69 Å². The van der Waals surface area contributed by atoms with Gasteiger partial charge in [-0.25, -0.2) is 27.0 Å². The third-order valence-electron chi connectivity index (χ3n) is 3.61. The molecule has 0 saturated carbocycles. The molecule has 0 bridgehead atoms. The molecule has 0 aliphatic carbocycles. The number of hydrogen-bond donors (Lipinski definition) is 1. The van der Waals surface area contributed by atoms with Crippen molar-refractivity contribution in [3.63, 3.8) is 0 Å². The Bertz CT molecular complexity index is 1120. The molecule has 5 nitrogen and oxygen atoms in total. The molecule has 3 aromatic rings. The lowest BCUT2D eigenvalue weighted by Crippen LogP contribution is -2.16. The highest BCUT2D eigenvalue weighted by atomic mass is 32.2. The molecule has 0 aliphatic rings. The molecule has 1 aromatic heterocycles. The summed E-state index contributed by atoms with van der Waals surface area (Å²) in [7, 11) is -4.32. The molecule has 0 saturated heterocycles. The first-order valence-electron chi connectivity index (χ1n) is 7.23. The SMILES string of the molecule is NS(=O)(=O)c1ccccc1-n1nc(C(F)(F)F)cc1-c1ccc(F)cc1F. The summed E-state index contributed by atoms with van der Waals surface area (Å²) in [4.78, 5) is -0.509. The fourth-order valence-corrected chi connectivity index (χ4v) is 3.18. The van der Waals surface area contributed by atoms with Crippen molar-refractivity contribution in [2.24, 2.45) is 5.14 Å². The summed E-state index contributed by atoms with van der Waals surface area (Å²) in [5, 5.41) is 8.49. The van der Waals surface area contributed by atoms with Crippen molar-refractivity contribution in [1.29, 1.82) is 0 Å². The van der Waals surface area contributed by atoms with Crippen molar-refractivity contribution in [3.8, 4) is 16.9 Å². The number of benzene rings is 2. The van der Waals surface area contributed by atoms with Gasteiger partial charge in [-0.15, -0.1) is 0 Å². The van der Waals surface area contributed by atoms with Crippen molar-refractivity contribution in [1.82, 2.24) is 9.78 Å². The van der Waals surface area contributed by atoms with Crippen LogP contribution in [0.5, 0.6) is 0 Å². The minimum atomic E-state index is -4.88. The Morgan fingerprint density at radius 3 is 2.26 bits per heavy atom. The highest BCUT2D eigenvalue weighted by Gasteiger charge is 2.36. The summed E-state index contributed by atoms with van der Waals surface area (Å²) in [5.74, 6) is -2.07. The van der Waals surface area contributed by atoms with E-state index in [0.29, 0.717) is 16.8 Å². The van der Waals surface area contributed by atoms with Gasteiger partial charge in [0.25, 0.3) is 0 Å². The Morgan fingerprint density at radius 1 is 1.00 bits per heavy atom. The first-order valence-corrected chi connectivity index (χ1v) is 8.78. The lowest BCUT2D eigenvalue weighted by atomic mass is 10.1. The third kappa shape index (κ3) is 3.69. The van der Waals surface area contributed by atoms with Crippen molar-refractivity contribution in [2.45, 2.75) is 11.1 Å². The number of halogens is 5. The van der Waals surface area contributed by atoms with Crippen molar-refractivity contribution >= 4 is 10.0 Å². The van der Waals surface area contributed by atoms with Crippen LogP contribution in [0.2, 0.25) is 0 Å². The van der Waals surface area contributed by atoms with Crippen LogP contribution in [0.3, 0.4) is 0 Å². The zero-order valence-electron chi connectivity index (χ0n) is 13.2. The Kier molecular flexibility index (Phi) is 4.52. The molecule has 142 valence electrons. The molecule has 0 unspecified atom stereocenters. The molecular weight excluding hydrogens is 393 g/mol. The maximum Gasteiger partial charge on any atom is 0.435 e. The van der Waals surface area contributed by atoms with Gasteiger partial charge in [-0.05, 0) is 30.3 Å². The average molecular weight is 403 g/mol. The van der Waals surface area contributed by atoms with Gasteiger partial charge in [0.2, 0.25) is 10.0 Å². The smallest absolute Gasteiger partial charge is 0.231 e. The van der Waals surface area contributed by atoms with Crippen molar-refractivity contribution in [2.75, 3.05) is 0 Å². The zero-order valence-corrected chi connectivity index (χ0v) is 14.0. The molecule has 0 aliphatic heterocycles. The Hall–Kier alpha value is -2.79. The van der Waals surface area contributed by atoms with E-state index in [9.17, 15) is 30.4 Å². The van der Waals surface area contributed by atoms with E-state index in [-0.39, 0.29) is 5.69 Å². The Balaban J connectivity index is 2.36. The molecule has 0 spiro atoms. The van der Waals surface area contributed by atoms with Crippen molar-refractivity contribution in [3.05, 3.63) is 65.9 Å². The average Bonchev–Trinajstić information content (AvgIpc) is 2.99. The van der Waals surface area contributed by atoms with Gasteiger partial charge >= 0.3 is 6.18 Å². The molecule has 2 aromatic carbocycles. The lowest BCUT2D eigenvalue weighted by Gasteiger charge is -2.12. The van der Waals surface area contributed by atoms with Gasteiger partial charge < -0.3 is 0 Å². The summed E-state index contributed by atoms with van der Waals surface area (Å²) in [5.41, 5.74) is -2.51. The predicted octanol–water partition coefficient (Wildman–Crippen LogP) is 3.48. The van der Waals surface area contributed by atoms with Gasteiger partial charge in [-0.3, -0.25) is 0 Å². The zero-order chi connectivity index (χ0) is 20.0. The van der Waals surface area contributed by atoms with Crippen LogP contribution in [-0.2, 0) is 16.2 Å². The first kappa shape index (κ1) is 19.0. The van der Waals surface area contributed by atoms with Crippen LogP contribution in [0.15, 0.2) is 53.4 Å². The number of nitrogens with zero attached hydrogens (tertiary/aromatic N) is 2. The summed E-state index contributed by atoms with van der Waals surface area (Å²) >= 11 is 0. The van der Waals surface area contributed by atoms with E-state index < -0.39 is 49.7 Å². The first-order chi connectivity index (χ1) is 12.5. The number of rotatable bonds is 3. The number of nitrogens with two attached hydrogens (primary N) is 1. The highest BCUT2D eigenvalue weighted by Crippen LogP contribution is 2.35. The van der Waals surface area contributed by atoms with Crippen LogP contribution in [0.25, 0.3) is 16.9 Å². The molecule has 0 amide bonds. The number of aromatic nitrogens is 2. The van der Waals surface area contributed by atoms with Crippen LogP contribution in [-0.4, -0.2) is 18.2 Å². The summed E-state index contributed by atoms with van der Waals surface area (Å²) in [6.45, 7) is 0. The lowest BCUT2D eigenvalue weighted by molar-refractivity contribution is -0.141. The molecule has 27 heavy (non-hydrogen) atoms. The molecule has 2 N–H and O–H groups in total. The van der Waals surface area contributed by atoms with E-state index in [1.807, 2.05) is 0 Å². The summed E-state index contributed by atoms with van der Waals surface area (Å²) in [6.07, 6.45) is -4.88. The van der Waals surface area contributed by atoms with E-state index in [4.69, 9.17) is 5.14 Å². The minimum absolute atomic E-state index is 0.311. The van der Waals surface area contributed by atoms with Gasteiger partial charge in [0, 0.05) is 11.6 Å². The molecule has 1 heterocycles. The van der Waals surface area contributed by atoms with Crippen LogP contribution < -0.4 is 5.14 Å². The normalized spacial score (nSPS) is 12.4. The fourth-order valence-electron chi connectivity index (χ4n) is 2.47. The van der Waals surface area contributed by atoms with Gasteiger partial charge in [-0.1, -0.05) is 12.1 Å². The molecular formula is C16H10F5N3O2S. The topological polar surface area (TPSA) is 78.0 Å². The molecule has 0 fully saturated rings. The number of alkyl halides is 3. The summed E-state index contributed by atoms with van der Waals surface area (Å²) < 4.78 is 90.9. The van der Waals surface area contributed by atoms with E-state index in [0.717, 1.165) is 24.3 Å². The second-order valence-corrected chi connectivity index (χ2v) is 6.99. The Labute approximate surface area is 149 Å². The minimum Gasteiger partial charge on any atom is -0.231 e. The van der Waals surface area contributed by atoms with E-state index >= 15 is 0 Å². The van der Waals surface area contributed by atoms with Gasteiger partial charge in [0.1, 0.15) is 16.5 Å². The van der Waals surface area contributed by atoms with Crippen molar-refractivity contribution < 1.29 is 30.4 Å². The maximum atomic E-state index is 14.2. The molecule has 0 atom stereocenters. The number of primary sulfonamides is 1.